The van der Waals surface area contributed by atoms with Crippen LogP contribution in [0.25, 0.3) is 6.08 Å². The number of nitrogens with one attached hydrogen (secondary N) is 1. The molecular weight excluding hydrogens is 412 g/mol. The monoisotopic (exact) mass is 428 g/mol. The van der Waals surface area contributed by atoms with Crippen molar-refractivity contribution >= 4 is 52.2 Å². The molecule has 1 heterocycles. The number of imide groups is 1. The first kappa shape index (κ1) is 20.7. The van der Waals surface area contributed by atoms with Crippen molar-refractivity contribution in [2.24, 2.45) is 0 Å². The Kier molecular flexibility index (Phi) is 6.74. The minimum absolute atomic E-state index is 0.242. The molecule has 29 heavy (non-hydrogen) atoms. The summed E-state index contributed by atoms with van der Waals surface area (Å²) in [6, 6.07) is 13.7. The first-order valence-electron chi connectivity index (χ1n) is 8.61. The zero-order valence-corrected chi connectivity index (χ0v) is 16.8. The second kappa shape index (κ2) is 9.45. The van der Waals surface area contributed by atoms with Crippen molar-refractivity contribution in [2.75, 3.05) is 18.5 Å². The van der Waals surface area contributed by atoms with Crippen LogP contribution in [0.5, 0.6) is 5.75 Å². The zero-order valence-electron chi connectivity index (χ0n) is 15.3. The van der Waals surface area contributed by atoms with Gasteiger partial charge >= 0.3 is 0 Å². The molecule has 1 N–H and O–H groups in total. The Hall–Kier alpha value is -3.03. The van der Waals surface area contributed by atoms with Crippen LogP contribution in [0.3, 0.4) is 0 Å². The highest BCUT2D eigenvalue weighted by Crippen LogP contribution is 2.32. The lowest BCUT2D eigenvalue weighted by Gasteiger charge is -2.12. The van der Waals surface area contributed by atoms with Crippen LogP contribution in [0.1, 0.15) is 5.56 Å². The van der Waals surface area contributed by atoms with Gasteiger partial charge in [0.25, 0.3) is 11.1 Å². The van der Waals surface area contributed by atoms with Crippen LogP contribution < -0.4 is 10.1 Å². The lowest BCUT2D eigenvalue weighted by molar-refractivity contribution is -0.127. The molecule has 6 nitrogen and oxygen atoms in total. The van der Waals surface area contributed by atoms with Gasteiger partial charge in [0.05, 0.1) is 4.91 Å². The molecule has 0 bridgehead atoms. The largest absolute Gasteiger partial charge is 0.490 e. The van der Waals surface area contributed by atoms with Crippen molar-refractivity contribution in [3.63, 3.8) is 0 Å². The lowest BCUT2D eigenvalue weighted by Crippen LogP contribution is -2.36. The van der Waals surface area contributed by atoms with Crippen molar-refractivity contribution in [1.82, 2.24) is 4.90 Å². The molecule has 0 atom stereocenters. The average molecular weight is 429 g/mol. The Morgan fingerprint density at radius 3 is 2.76 bits per heavy atom. The summed E-state index contributed by atoms with van der Waals surface area (Å²) in [4.78, 5) is 38.2. The maximum absolute atomic E-state index is 12.6. The number of carbonyl (C=O) groups is 3. The standard InChI is InChI=1S/C21H17ClN2O4S/c1-2-9-28-17-8-3-5-14(10-17)11-18-20(26)24(21(27)29-18)13-19(25)23-16-7-4-6-15(22)12-16/h2-8,10-12H,1,9,13H2,(H,23,25)/b18-11+. The molecule has 1 fully saturated rings. The van der Waals surface area contributed by atoms with E-state index in [-0.39, 0.29) is 11.4 Å². The van der Waals surface area contributed by atoms with Gasteiger partial charge in [0.2, 0.25) is 5.91 Å². The maximum Gasteiger partial charge on any atom is 0.294 e. The Morgan fingerprint density at radius 1 is 1.21 bits per heavy atom. The summed E-state index contributed by atoms with van der Waals surface area (Å²) in [6.07, 6.45) is 3.23. The third kappa shape index (κ3) is 5.49. The van der Waals surface area contributed by atoms with Crippen molar-refractivity contribution in [3.8, 4) is 5.75 Å². The predicted molar refractivity (Wildman–Crippen MR) is 115 cm³/mol. The number of anilines is 1. The van der Waals surface area contributed by atoms with Gasteiger partial charge in [0.15, 0.2) is 0 Å². The van der Waals surface area contributed by atoms with Gasteiger partial charge in [-0.05, 0) is 53.7 Å². The van der Waals surface area contributed by atoms with Crippen LogP contribution in [0.4, 0.5) is 10.5 Å². The van der Waals surface area contributed by atoms with Gasteiger partial charge in [-0.25, -0.2) is 0 Å². The summed E-state index contributed by atoms with van der Waals surface area (Å²) in [6.45, 7) is 3.58. The van der Waals surface area contributed by atoms with Crippen LogP contribution in [0.15, 0.2) is 66.1 Å². The van der Waals surface area contributed by atoms with Gasteiger partial charge in [-0.15, -0.1) is 0 Å². The van der Waals surface area contributed by atoms with E-state index in [0.717, 1.165) is 16.7 Å². The van der Waals surface area contributed by atoms with Gasteiger partial charge in [0, 0.05) is 10.7 Å². The smallest absolute Gasteiger partial charge is 0.294 e. The molecule has 3 rings (SSSR count). The number of ether oxygens (including phenoxy) is 1. The van der Waals surface area contributed by atoms with Crippen LogP contribution in [0.2, 0.25) is 5.02 Å². The highest BCUT2D eigenvalue weighted by Gasteiger charge is 2.36. The number of amides is 3. The van der Waals surface area contributed by atoms with E-state index in [1.807, 2.05) is 0 Å². The first-order chi connectivity index (χ1) is 14.0. The zero-order chi connectivity index (χ0) is 20.8. The minimum atomic E-state index is -0.515. The molecule has 3 amide bonds. The fraction of sp³-hybridized carbons (Fsp3) is 0.0952. The van der Waals surface area contributed by atoms with E-state index in [1.54, 1.807) is 60.7 Å². The van der Waals surface area contributed by atoms with Gasteiger partial charge in [-0.1, -0.05) is 42.5 Å². The fourth-order valence-electron chi connectivity index (χ4n) is 2.55. The molecule has 1 aliphatic heterocycles. The number of rotatable bonds is 7. The van der Waals surface area contributed by atoms with Gasteiger partial charge in [-0.3, -0.25) is 19.3 Å². The number of carbonyl (C=O) groups excluding carboxylic acids is 3. The lowest BCUT2D eigenvalue weighted by atomic mass is 10.2. The van der Waals surface area contributed by atoms with Crippen molar-refractivity contribution < 1.29 is 19.1 Å². The predicted octanol–water partition coefficient (Wildman–Crippen LogP) is 4.58. The summed E-state index contributed by atoms with van der Waals surface area (Å²) < 4.78 is 5.47. The van der Waals surface area contributed by atoms with E-state index in [9.17, 15) is 14.4 Å². The Morgan fingerprint density at radius 2 is 2.00 bits per heavy atom. The summed E-state index contributed by atoms with van der Waals surface area (Å²) in [7, 11) is 0. The summed E-state index contributed by atoms with van der Waals surface area (Å²) in [5.74, 6) is -0.381. The number of hydrogen-bond acceptors (Lipinski definition) is 5. The quantitative estimate of drug-likeness (QED) is 0.516. The highest BCUT2D eigenvalue weighted by atomic mass is 35.5. The van der Waals surface area contributed by atoms with Crippen LogP contribution >= 0.6 is 23.4 Å². The van der Waals surface area contributed by atoms with E-state index in [1.165, 1.54) is 0 Å². The molecule has 0 aliphatic carbocycles. The molecule has 0 unspecified atom stereocenters. The Balaban J connectivity index is 1.68. The topological polar surface area (TPSA) is 75.7 Å². The molecule has 8 heteroatoms. The Bertz CT molecular complexity index is 1010. The summed E-state index contributed by atoms with van der Waals surface area (Å²) in [5.41, 5.74) is 1.20. The van der Waals surface area contributed by atoms with Crippen molar-refractivity contribution in [3.05, 3.63) is 76.7 Å². The van der Waals surface area contributed by atoms with Gasteiger partial charge in [-0.2, -0.15) is 0 Å². The number of benzene rings is 2. The van der Waals surface area contributed by atoms with Crippen LogP contribution in [-0.4, -0.2) is 35.1 Å². The van der Waals surface area contributed by atoms with Crippen LogP contribution in [-0.2, 0) is 9.59 Å². The third-order valence-electron chi connectivity index (χ3n) is 3.81. The highest BCUT2D eigenvalue weighted by molar-refractivity contribution is 8.18. The van der Waals surface area contributed by atoms with Crippen molar-refractivity contribution in [1.29, 1.82) is 0 Å². The SMILES string of the molecule is C=CCOc1cccc(/C=C2/SC(=O)N(CC(=O)Nc3cccc(Cl)c3)C2=O)c1. The molecule has 0 aromatic heterocycles. The van der Waals surface area contributed by atoms with E-state index >= 15 is 0 Å². The number of halogens is 1. The molecule has 148 valence electrons. The van der Waals surface area contributed by atoms with E-state index in [2.05, 4.69) is 11.9 Å². The number of thioether (sulfide) groups is 1. The third-order valence-corrected chi connectivity index (χ3v) is 4.95. The normalized spacial score (nSPS) is 14.9. The van der Waals surface area contributed by atoms with Gasteiger partial charge in [0.1, 0.15) is 18.9 Å². The molecular formula is C21H17ClN2O4S. The van der Waals surface area contributed by atoms with E-state index < -0.39 is 17.1 Å². The molecule has 2 aromatic rings. The molecule has 2 aromatic carbocycles. The number of nitrogens with zero attached hydrogens (tertiary/aromatic N) is 1. The summed E-state index contributed by atoms with van der Waals surface area (Å²) in [5, 5.41) is 2.59. The summed E-state index contributed by atoms with van der Waals surface area (Å²) >= 11 is 6.68. The number of hydrogen-bond donors (Lipinski definition) is 1. The second-order valence-electron chi connectivity index (χ2n) is 6.00. The minimum Gasteiger partial charge on any atom is -0.490 e. The molecule has 0 radical (unpaired) electrons. The molecule has 0 spiro atoms. The molecule has 1 saturated heterocycles. The average Bonchev–Trinajstić information content (AvgIpc) is 2.94. The molecule has 0 saturated carbocycles. The maximum atomic E-state index is 12.6. The van der Waals surface area contributed by atoms with E-state index in [0.29, 0.717) is 28.6 Å². The van der Waals surface area contributed by atoms with Gasteiger partial charge < -0.3 is 10.1 Å². The molecule has 1 aliphatic rings. The van der Waals surface area contributed by atoms with Crippen LogP contribution in [0, 0.1) is 0 Å². The van der Waals surface area contributed by atoms with Crippen molar-refractivity contribution in [2.45, 2.75) is 0 Å². The van der Waals surface area contributed by atoms with E-state index in [4.69, 9.17) is 16.3 Å². The fourth-order valence-corrected chi connectivity index (χ4v) is 3.58. The second-order valence-corrected chi connectivity index (χ2v) is 7.43. The first-order valence-corrected chi connectivity index (χ1v) is 9.80. The Labute approximate surface area is 177 Å².